The molecule has 0 aliphatic heterocycles. The summed E-state index contributed by atoms with van der Waals surface area (Å²) in [7, 11) is 0. The number of amides is 1. The highest BCUT2D eigenvalue weighted by molar-refractivity contribution is 5.95. The number of hydrogen-bond acceptors (Lipinski definition) is 2. The highest BCUT2D eigenvalue weighted by atomic mass is 16.1. The van der Waals surface area contributed by atoms with Crippen LogP contribution in [0.1, 0.15) is 56.8 Å². The first-order valence-electron chi connectivity index (χ1n) is 7.65. The molecule has 3 heteroatoms. The van der Waals surface area contributed by atoms with Crippen molar-refractivity contribution in [3.63, 3.8) is 0 Å². The van der Waals surface area contributed by atoms with E-state index in [4.69, 9.17) is 0 Å². The molecule has 2 rings (SSSR count). The van der Waals surface area contributed by atoms with E-state index in [0.29, 0.717) is 18.0 Å². The standard InChI is InChI=1S/C17H26N2O/c1-4-18-16(20)13-7-5-8-14(11-13)19-15-9-6-10-17(2,3)12-15/h5,7-8,11,15,19H,4,6,9-10,12H2,1-3H3,(H,18,20). The van der Waals surface area contributed by atoms with E-state index >= 15 is 0 Å². The summed E-state index contributed by atoms with van der Waals surface area (Å²) < 4.78 is 0. The summed E-state index contributed by atoms with van der Waals surface area (Å²) >= 11 is 0. The van der Waals surface area contributed by atoms with E-state index in [-0.39, 0.29) is 5.91 Å². The zero-order chi connectivity index (χ0) is 14.6. The highest BCUT2D eigenvalue weighted by Crippen LogP contribution is 2.36. The van der Waals surface area contributed by atoms with Gasteiger partial charge in [0.1, 0.15) is 0 Å². The average Bonchev–Trinajstić information content (AvgIpc) is 2.38. The molecule has 0 heterocycles. The minimum absolute atomic E-state index is 0.000115. The molecule has 110 valence electrons. The van der Waals surface area contributed by atoms with Gasteiger partial charge in [-0.15, -0.1) is 0 Å². The Hall–Kier alpha value is -1.51. The molecule has 1 unspecified atom stereocenters. The number of rotatable bonds is 4. The van der Waals surface area contributed by atoms with Crippen molar-refractivity contribution >= 4 is 11.6 Å². The minimum Gasteiger partial charge on any atom is -0.382 e. The van der Waals surface area contributed by atoms with Crippen LogP contribution in [0, 0.1) is 5.41 Å². The molecular weight excluding hydrogens is 248 g/mol. The highest BCUT2D eigenvalue weighted by Gasteiger charge is 2.27. The van der Waals surface area contributed by atoms with Crippen LogP contribution in [0.15, 0.2) is 24.3 Å². The van der Waals surface area contributed by atoms with Crippen LogP contribution in [0.25, 0.3) is 0 Å². The van der Waals surface area contributed by atoms with E-state index in [1.807, 2.05) is 31.2 Å². The van der Waals surface area contributed by atoms with Crippen LogP contribution in [0.4, 0.5) is 5.69 Å². The molecule has 1 saturated carbocycles. The van der Waals surface area contributed by atoms with Crippen molar-refractivity contribution in [2.75, 3.05) is 11.9 Å². The Labute approximate surface area is 122 Å². The number of anilines is 1. The molecule has 2 N–H and O–H groups in total. The normalized spacial score (nSPS) is 21.2. The fraction of sp³-hybridized carbons (Fsp3) is 0.588. The van der Waals surface area contributed by atoms with Gasteiger partial charge >= 0.3 is 0 Å². The predicted octanol–water partition coefficient (Wildman–Crippen LogP) is 3.82. The van der Waals surface area contributed by atoms with Gasteiger partial charge < -0.3 is 10.6 Å². The van der Waals surface area contributed by atoms with Gasteiger partial charge in [-0.05, 0) is 49.8 Å². The Morgan fingerprint density at radius 3 is 2.90 bits per heavy atom. The molecule has 20 heavy (non-hydrogen) atoms. The summed E-state index contributed by atoms with van der Waals surface area (Å²) in [5.74, 6) is 0.000115. The summed E-state index contributed by atoms with van der Waals surface area (Å²) in [6, 6.07) is 8.32. The molecule has 0 radical (unpaired) electrons. The molecule has 1 fully saturated rings. The van der Waals surface area contributed by atoms with Crippen LogP contribution in [-0.2, 0) is 0 Å². The molecule has 0 aromatic heterocycles. The molecule has 1 atom stereocenters. The van der Waals surface area contributed by atoms with Crippen molar-refractivity contribution in [1.82, 2.24) is 5.32 Å². The van der Waals surface area contributed by atoms with Crippen molar-refractivity contribution in [3.05, 3.63) is 29.8 Å². The van der Waals surface area contributed by atoms with Crippen LogP contribution >= 0.6 is 0 Å². The van der Waals surface area contributed by atoms with Gasteiger partial charge in [-0.3, -0.25) is 4.79 Å². The lowest BCUT2D eigenvalue weighted by Gasteiger charge is -2.36. The predicted molar refractivity (Wildman–Crippen MR) is 84.1 cm³/mol. The lowest BCUT2D eigenvalue weighted by atomic mass is 9.75. The van der Waals surface area contributed by atoms with Gasteiger partial charge in [-0.1, -0.05) is 26.3 Å². The molecule has 1 amide bonds. The van der Waals surface area contributed by atoms with Crippen molar-refractivity contribution in [3.8, 4) is 0 Å². The smallest absolute Gasteiger partial charge is 0.251 e. The van der Waals surface area contributed by atoms with E-state index in [1.165, 1.54) is 25.7 Å². The number of nitrogens with one attached hydrogen (secondary N) is 2. The third-order valence-electron chi connectivity index (χ3n) is 4.04. The fourth-order valence-electron chi connectivity index (χ4n) is 3.07. The van der Waals surface area contributed by atoms with E-state index in [9.17, 15) is 4.79 Å². The second-order valence-corrected chi connectivity index (χ2v) is 6.54. The SMILES string of the molecule is CCNC(=O)c1cccc(NC2CCCC(C)(C)C2)c1. The molecule has 1 aromatic carbocycles. The number of benzene rings is 1. The zero-order valence-electron chi connectivity index (χ0n) is 12.8. The molecule has 0 spiro atoms. The topological polar surface area (TPSA) is 41.1 Å². The maximum atomic E-state index is 11.9. The number of hydrogen-bond donors (Lipinski definition) is 2. The second kappa shape index (κ2) is 6.29. The molecule has 0 bridgehead atoms. The van der Waals surface area contributed by atoms with E-state index in [0.717, 1.165) is 11.3 Å². The Balaban J connectivity index is 2.02. The van der Waals surface area contributed by atoms with Crippen LogP contribution < -0.4 is 10.6 Å². The van der Waals surface area contributed by atoms with Gasteiger partial charge in [0.15, 0.2) is 0 Å². The van der Waals surface area contributed by atoms with Crippen molar-refractivity contribution in [1.29, 1.82) is 0 Å². The Morgan fingerprint density at radius 2 is 2.20 bits per heavy atom. The zero-order valence-corrected chi connectivity index (χ0v) is 12.8. The van der Waals surface area contributed by atoms with Crippen molar-refractivity contribution in [2.24, 2.45) is 5.41 Å². The van der Waals surface area contributed by atoms with E-state index in [1.54, 1.807) is 0 Å². The summed E-state index contributed by atoms with van der Waals surface area (Å²) in [6.07, 6.45) is 5.00. The maximum absolute atomic E-state index is 11.9. The molecule has 1 aliphatic carbocycles. The first-order valence-corrected chi connectivity index (χ1v) is 7.65. The van der Waals surface area contributed by atoms with Gasteiger partial charge in [0, 0.05) is 23.8 Å². The summed E-state index contributed by atoms with van der Waals surface area (Å²) in [5, 5.41) is 6.43. The second-order valence-electron chi connectivity index (χ2n) is 6.54. The summed E-state index contributed by atoms with van der Waals surface area (Å²) in [4.78, 5) is 11.9. The van der Waals surface area contributed by atoms with Crippen LogP contribution in [0.2, 0.25) is 0 Å². The van der Waals surface area contributed by atoms with Gasteiger partial charge in [0.2, 0.25) is 0 Å². The first-order chi connectivity index (χ1) is 9.50. The third-order valence-corrected chi connectivity index (χ3v) is 4.04. The van der Waals surface area contributed by atoms with Gasteiger partial charge in [-0.25, -0.2) is 0 Å². The molecule has 1 aromatic rings. The lowest BCUT2D eigenvalue weighted by molar-refractivity contribution is 0.0956. The molecule has 1 aliphatic rings. The molecule has 3 nitrogen and oxygen atoms in total. The van der Waals surface area contributed by atoms with Crippen LogP contribution in [0.5, 0.6) is 0 Å². The van der Waals surface area contributed by atoms with Crippen molar-refractivity contribution < 1.29 is 4.79 Å². The maximum Gasteiger partial charge on any atom is 0.251 e. The summed E-state index contributed by atoms with van der Waals surface area (Å²) in [5.41, 5.74) is 2.20. The number of carbonyl (C=O) groups excluding carboxylic acids is 1. The third kappa shape index (κ3) is 3.99. The molecular formula is C17H26N2O. The first kappa shape index (κ1) is 14.9. The van der Waals surface area contributed by atoms with Gasteiger partial charge in [-0.2, -0.15) is 0 Å². The minimum atomic E-state index is 0.000115. The average molecular weight is 274 g/mol. The Morgan fingerprint density at radius 1 is 1.40 bits per heavy atom. The van der Waals surface area contributed by atoms with Crippen molar-refractivity contribution in [2.45, 2.75) is 52.5 Å². The largest absolute Gasteiger partial charge is 0.382 e. The van der Waals surface area contributed by atoms with Gasteiger partial charge in [0.05, 0.1) is 0 Å². The quantitative estimate of drug-likeness (QED) is 0.876. The number of carbonyl (C=O) groups is 1. The fourth-order valence-corrected chi connectivity index (χ4v) is 3.07. The monoisotopic (exact) mass is 274 g/mol. The van der Waals surface area contributed by atoms with Crippen LogP contribution in [-0.4, -0.2) is 18.5 Å². The van der Waals surface area contributed by atoms with Gasteiger partial charge in [0.25, 0.3) is 5.91 Å². The Bertz CT molecular complexity index is 468. The summed E-state index contributed by atoms with van der Waals surface area (Å²) in [6.45, 7) is 7.27. The molecule has 0 saturated heterocycles. The Kier molecular flexibility index (Phi) is 4.69. The lowest BCUT2D eigenvalue weighted by Crippen LogP contribution is -2.31. The van der Waals surface area contributed by atoms with E-state index in [2.05, 4.69) is 24.5 Å². The van der Waals surface area contributed by atoms with E-state index < -0.39 is 0 Å². The van der Waals surface area contributed by atoms with Crippen LogP contribution in [0.3, 0.4) is 0 Å².